The third-order valence-electron chi connectivity index (χ3n) is 3.61. The van der Waals surface area contributed by atoms with E-state index in [4.69, 9.17) is 11.6 Å². The van der Waals surface area contributed by atoms with Crippen molar-refractivity contribution >= 4 is 28.9 Å². The molecule has 0 aliphatic carbocycles. The Labute approximate surface area is 153 Å². The van der Waals surface area contributed by atoms with Crippen LogP contribution in [0.25, 0.3) is 0 Å². The number of para-hydroxylation sites is 1. The first-order chi connectivity index (χ1) is 12.5. The maximum Gasteiger partial charge on any atom is 0.274 e. The quantitative estimate of drug-likeness (QED) is 0.670. The van der Waals surface area contributed by atoms with Gasteiger partial charge in [-0.25, -0.2) is 13.8 Å². The number of hydrogen-bond acceptors (Lipinski definition) is 3. The number of carbonyl (C=O) groups is 1. The summed E-state index contributed by atoms with van der Waals surface area (Å²) in [6.07, 6.45) is 1.47. The van der Waals surface area contributed by atoms with Gasteiger partial charge in [0.2, 0.25) is 0 Å². The molecule has 26 heavy (non-hydrogen) atoms. The molecule has 4 nitrogen and oxygen atoms in total. The zero-order valence-electron chi connectivity index (χ0n) is 13.5. The number of aromatic nitrogens is 1. The predicted octanol–water partition coefficient (Wildman–Crippen LogP) is 4.88. The molecule has 1 heterocycles. The predicted molar refractivity (Wildman–Crippen MR) is 97.3 cm³/mol. The molecule has 1 amide bonds. The van der Waals surface area contributed by atoms with Crippen LogP contribution in [0.2, 0.25) is 5.02 Å². The highest BCUT2D eigenvalue weighted by Crippen LogP contribution is 2.19. The SMILES string of the molecule is O=C(Nc1c(F)cccc1F)c1ccc(NCc2ccc(Cl)cc2)cn1. The Kier molecular flexibility index (Phi) is 5.43. The number of rotatable bonds is 5. The van der Waals surface area contributed by atoms with Gasteiger partial charge in [0.1, 0.15) is 23.0 Å². The lowest BCUT2D eigenvalue weighted by molar-refractivity contribution is 0.102. The molecule has 0 fully saturated rings. The molecule has 1 aromatic heterocycles. The summed E-state index contributed by atoms with van der Waals surface area (Å²) in [6, 6.07) is 13.9. The van der Waals surface area contributed by atoms with Crippen molar-refractivity contribution < 1.29 is 13.6 Å². The molecular formula is C19H14ClF2N3O. The van der Waals surface area contributed by atoms with Gasteiger partial charge in [0.15, 0.2) is 0 Å². The van der Waals surface area contributed by atoms with Crippen LogP contribution < -0.4 is 10.6 Å². The van der Waals surface area contributed by atoms with Gasteiger partial charge < -0.3 is 10.6 Å². The topological polar surface area (TPSA) is 54.0 Å². The first-order valence-electron chi connectivity index (χ1n) is 7.72. The fourth-order valence-corrected chi connectivity index (χ4v) is 2.36. The molecule has 0 unspecified atom stereocenters. The molecule has 0 aliphatic rings. The van der Waals surface area contributed by atoms with Crippen molar-refractivity contribution in [3.63, 3.8) is 0 Å². The van der Waals surface area contributed by atoms with Crippen LogP contribution in [0.4, 0.5) is 20.2 Å². The van der Waals surface area contributed by atoms with Gasteiger partial charge in [-0.05, 0) is 42.0 Å². The lowest BCUT2D eigenvalue weighted by atomic mass is 10.2. The third-order valence-corrected chi connectivity index (χ3v) is 3.86. The van der Waals surface area contributed by atoms with Crippen molar-refractivity contribution in [2.45, 2.75) is 6.54 Å². The minimum atomic E-state index is -0.848. The van der Waals surface area contributed by atoms with Gasteiger partial charge in [0.05, 0.1) is 11.9 Å². The normalized spacial score (nSPS) is 10.4. The van der Waals surface area contributed by atoms with E-state index in [0.29, 0.717) is 17.3 Å². The molecule has 3 rings (SSSR count). The Morgan fingerprint density at radius 1 is 1.00 bits per heavy atom. The first kappa shape index (κ1) is 17.8. The van der Waals surface area contributed by atoms with Crippen LogP contribution in [0.15, 0.2) is 60.8 Å². The summed E-state index contributed by atoms with van der Waals surface area (Å²) in [5.74, 6) is -2.39. The van der Waals surface area contributed by atoms with Gasteiger partial charge in [-0.3, -0.25) is 4.79 Å². The summed E-state index contributed by atoms with van der Waals surface area (Å²) >= 11 is 5.84. The molecule has 0 spiro atoms. The van der Waals surface area contributed by atoms with Crippen LogP contribution in [0.3, 0.4) is 0 Å². The molecule has 0 atom stereocenters. The van der Waals surface area contributed by atoms with Gasteiger partial charge in [-0.15, -0.1) is 0 Å². The summed E-state index contributed by atoms with van der Waals surface area (Å²) in [6.45, 7) is 0.560. The Balaban J connectivity index is 1.63. The average Bonchev–Trinajstić information content (AvgIpc) is 2.65. The molecule has 7 heteroatoms. The molecule has 0 bridgehead atoms. The molecule has 2 aromatic carbocycles. The lowest BCUT2D eigenvalue weighted by Crippen LogP contribution is -2.15. The summed E-state index contributed by atoms with van der Waals surface area (Å²) in [7, 11) is 0. The molecule has 3 aromatic rings. The Bertz CT molecular complexity index is 895. The number of hydrogen-bond donors (Lipinski definition) is 2. The maximum atomic E-state index is 13.6. The van der Waals surface area contributed by atoms with Crippen molar-refractivity contribution in [3.05, 3.63) is 88.7 Å². The van der Waals surface area contributed by atoms with E-state index in [1.54, 1.807) is 18.2 Å². The van der Waals surface area contributed by atoms with Gasteiger partial charge in [0.25, 0.3) is 5.91 Å². The Morgan fingerprint density at radius 3 is 2.31 bits per heavy atom. The second-order valence-electron chi connectivity index (χ2n) is 5.46. The van der Waals surface area contributed by atoms with Crippen molar-refractivity contribution in [2.75, 3.05) is 10.6 Å². The van der Waals surface area contributed by atoms with Gasteiger partial charge >= 0.3 is 0 Å². The fourth-order valence-electron chi connectivity index (χ4n) is 2.23. The molecule has 0 saturated carbocycles. The van der Waals surface area contributed by atoms with E-state index in [-0.39, 0.29) is 5.69 Å². The smallest absolute Gasteiger partial charge is 0.274 e. The molecular weight excluding hydrogens is 360 g/mol. The third kappa shape index (κ3) is 4.34. The second kappa shape index (κ2) is 7.93. The number of nitrogens with one attached hydrogen (secondary N) is 2. The molecule has 132 valence electrons. The number of anilines is 2. The zero-order chi connectivity index (χ0) is 18.5. The largest absolute Gasteiger partial charge is 0.380 e. The number of carbonyl (C=O) groups excluding carboxylic acids is 1. The van der Waals surface area contributed by atoms with E-state index in [2.05, 4.69) is 15.6 Å². The van der Waals surface area contributed by atoms with Crippen LogP contribution >= 0.6 is 11.6 Å². The van der Waals surface area contributed by atoms with Crippen molar-refractivity contribution in [3.8, 4) is 0 Å². The van der Waals surface area contributed by atoms with E-state index < -0.39 is 23.2 Å². The zero-order valence-corrected chi connectivity index (χ0v) is 14.2. The monoisotopic (exact) mass is 373 g/mol. The van der Waals surface area contributed by atoms with Crippen LogP contribution in [0.1, 0.15) is 16.1 Å². The fraction of sp³-hybridized carbons (Fsp3) is 0.0526. The van der Waals surface area contributed by atoms with E-state index in [9.17, 15) is 13.6 Å². The average molecular weight is 374 g/mol. The Hall–Kier alpha value is -2.99. The maximum absolute atomic E-state index is 13.6. The summed E-state index contributed by atoms with van der Waals surface area (Å²) in [5, 5.41) is 6.01. The van der Waals surface area contributed by atoms with E-state index >= 15 is 0 Å². The minimum absolute atomic E-state index is 0.0460. The molecule has 0 saturated heterocycles. The molecule has 0 aliphatic heterocycles. The molecule has 2 N–H and O–H groups in total. The van der Waals surface area contributed by atoms with Crippen LogP contribution in [-0.2, 0) is 6.54 Å². The first-order valence-corrected chi connectivity index (χ1v) is 8.10. The van der Waals surface area contributed by atoms with Crippen LogP contribution in [0, 0.1) is 11.6 Å². The number of halogens is 3. The standard InChI is InChI=1S/C19H14ClF2N3O/c20-13-6-4-12(5-7-13)10-23-14-8-9-17(24-11-14)19(26)25-18-15(21)2-1-3-16(18)22/h1-9,11,23H,10H2,(H,25,26). The highest BCUT2D eigenvalue weighted by atomic mass is 35.5. The van der Waals surface area contributed by atoms with E-state index in [0.717, 1.165) is 17.7 Å². The van der Waals surface area contributed by atoms with Gasteiger partial charge in [0, 0.05) is 11.6 Å². The second-order valence-corrected chi connectivity index (χ2v) is 5.90. The number of amides is 1. The highest BCUT2D eigenvalue weighted by Gasteiger charge is 2.14. The lowest BCUT2D eigenvalue weighted by Gasteiger charge is -2.09. The Morgan fingerprint density at radius 2 is 1.69 bits per heavy atom. The van der Waals surface area contributed by atoms with Gasteiger partial charge in [-0.2, -0.15) is 0 Å². The summed E-state index contributed by atoms with van der Waals surface area (Å²) < 4.78 is 27.2. The van der Waals surface area contributed by atoms with Crippen LogP contribution in [-0.4, -0.2) is 10.9 Å². The van der Waals surface area contributed by atoms with Crippen molar-refractivity contribution in [1.29, 1.82) is 0 Å². The minimum Gasteiger partial charge on any atom is -0.380 e. The van der Waals surface area contributed by atoms with E-state index in [1.807, 2.05) is 12.1 Å². The van der Waals surface area contributed by atoms with Crippen LogP contribution in [0.5, 0.6) is 0 Å². The summed E-state index contributed by atoms with van der Waals surface area (Å²) in [5.41, 5.74) is 1.29. The highest BCUT2D eigenvalue weighted by molar-refractivity contribution is 6.30. The van der Waals surface area contributed by atoms with E-state index in [1.165, 1.54) is 18.3 Å². The van der Waals surface area contributed by atoms with Crippen molar-refractivity contribution in [1.82, 2.24) is 4.98 Å². The van der Waals surface area contributed by atoms with Gasteiger partial charge in [-0.1, -0.05) is 29.8 Å². The number of benzene rings is 2. The van der Waals surface area contributed by atoms with Crippen molar-refractivity contribution in [2.24, 2.45) is 0 Å². The summed E-state index contributed by atoms with van der Waals surface area (Å²) in [4.78, 5) is 16.1. The number of pyridine rings is 1. The molecule has 0 radical (unpaired) electrons. The number of nitrogens with zero attached hydrogens (tertiary/aromatic N) is 1.